The van der Waals surface area contributed by atoms with Crippen LogP contribution in [0, 0.1) is 6.92 Å². The van der Waals surface area contributed by atoms with Gasteiger partial charge < -0.3 is 5.11 Å². The van der Waals surface area contributed by atoms with E-state index in [1.165, 1.54) is 0 Å². The van der Waals surface area contributed by atoms with Gasteiger partial charge in [-0.05, 0) is 31.2 Å². The van der Waals surface area contributed by atoms with Crippen molar-refractivity contribution in [1.82, 2.24) is 19.7 Å². The van der Waals surface area contributed by atoms with Gasteiger partial charge in [-0.15, -0.1) is 0 Å². The number of hydrogen-bond donors (Lipinski definition) is 1. The standard InChI is InChI=1S/C13H10N4O2/c1-8-4-5-14-13(16-8)17-11-3-2-9(12(18)19)6-10(11)7-15-17/h2-7H,1H3,(H,18,19). The predicted octanol–water partition coefficient (Wildman–Crippen LogP) is 1.82. The normalized spacial score (nSPS) is 10.8. The van der Waals surface area contributed by atoms with Gasteiger partial charge in [0.05, 0.1) is 17.3 Å². The minimum absolute atomic E-state index is 0.234. The number of nitrogens with zero attached hydrogens (tertiary/aromatic N) is 4. The molecule has 0 aliphatic heterocycles. The summed E-state index contributed by atoms with van der Waals surface area (Å²) in [4.78, 5) is 19.4. The first-order valence-corrected chi connectivity index (χ1v) is 5.66. The Balaban J connectivity index is 2.18. The third-order valence-corrected chi connectivity index (χ3v) is 2.79. The van der Waals surface area contributed by atoms with Crippen LogP contribution in [0.5, 0.6) is 0 Å². The molecule has 0 radical (unpaired) electrons. The minimum Gasteiger partial charge on any atom is -0.478 e. The van der Waals surface area contributed by atoms with E-state index >= 15 is 0 Å². The van der Waals surface area contributed by atoms with Crippen LogP contribution in [-0.4, -0.2) is 30.8 Å². The van der Waals surface area contributed by atoms with E-state index < -0.39 is 5.97 Å². The van der Waals surface area contributed by atoms with Gasteiger partial charge in [-0.2, -0.15) is 9.78 Å². The summed E-state index contributed by atoms with van der Waals surface area (Å²) in [6.45, 7) is 1.87. The van der Waals surface area contributed by atoms with Crippen molar-refractivity contribution in [2.24, 2.45) is 0 Å². The Bertz CT molecular complexity index is 779. The fourth-order valence-electron chi connectivity index (χ4n) is 1.86. The second-order valence-electron chi connectivity index (χ2n) is 4.13. The van der Waals surface area contributed by atoms with Gasteiger partial charge in [0.2, 0.25) is 0 Å². The molecule has 6 nitrogen and oxygen atoms in total. The molecule has 0 unspecified atom stereocenters. The highest BCUT2D eigenvalue weighted by molar-refractivity contribution is 5.93. The summed E-state index contributed by atoms with van der Waals surface area (Å²) in [5.41, 5.74) is 1.85. The zero-order valence-corrected chi connectivity index (χ0v) is 10.1. The summed E-state index contributed by atoms with van der Waals surface area (Å²) in [5.74, 6) is -0.487. The summed E-state index contributed by atoms with van der Waals surface area (Å²) >= 11 is 0. The topological polar surface area (TPSA) is 80.9 Å². The molecule has 2 heterocycles. The van der Waals surface area contributed by atoms with E-state index in [0.29, 0.717) is 5.95 Å². The molecular weight excluding hydrogens is 244 g/mol. The van der Waals surface area contributed by atoms with Crippen LogP contribution in [0.3, 0.4) is 0 Å². The highest BCUT2D eigenvalue weighted by atomic mass is 16.4. The second kappa shape index (κ2) is 4.16. The van der Waals surface area contributed by atoms with Crippen molar-refractivity contribution >= 4 is 16.9 Å². The molecule has 0 saturated carbocycles. The number of aromatic carboxylic acids is 1. The molecule has 0 atom stereocenters. The average molecular weight is 254 g/mol. The maximum Gasteiger partial charge on any atom is 0.335 e. The SMILES string of the molecule is Cc1ccnc(-n2ncc3cc(C(=O)O)ccc32)n1. The van der Waals surface area contributed by atoms with E-state index in [-0.39, 0.29) is 5.56 Å². The number of benzene rings is 1. The molecule has 0 amide bonds. The number of fused-ring (bicyclic) bond motifs is 1. The molecule has 2 aromatic heterocycles. The van der Waals surface area contributed by atoms with Crippen LogP contribution in [-0.2, 0) is 0 Å². The molecule has 0 bridgehead atoms. The van der Waals surface area contributed by atoms with Crippen molar-refractivity contribution in [3.8, 4) is 5.95 Å². The van der Waals surface area contributed by atoms with Crippen molar-refractivity contribution < 1.29 is 9.90 Å². The molecule has 6 heteroatoms. The summed E-state index contributed by atoms with van der Waals surface area (Å²) in [7, 11) is 0. The van der Waals surface area contributed by atoms with E-state index in [1.54, 1.807) is 41.3 Å². The number of carboxylic acids is 1. The van der Waals surface area contributed by atoms with Crippen molar-refractivity contribution in [1.29, 1.82) is 0 Å². The second-order valence-corrected chi connectivity index (χ2v) is 4.13. The van der Waals surface area contributed by atoms with Gasteiger partial charge in [0.15, 0.2) is 0 Å². The Morgan fingerprint density at radius 2 is 2.16 bits per heavy atom. The van der Waals surface area contributed by atoms with Crippen molar-refractivity contribution in [3.63, 3.8) is 0 Å². The first-order valence-electron chi connectivity index (χ1n) is 5.66. The fraction of sp³-hybridized carbons (Fsp3) is 0.0769. The van der Waals surface area contributed by atoms with E-state index in [2.05, 4.69) is 15.1 Å². The van der Waals surface area contributed by atoms with Gasteiger partial charge in [-0.3, -0.25) is 0 Å². The summed E-state index contributed by atoms with van der Waals surface area (Å²) in [6.07, 6.45) is 3.27. The molecule has 1 N–H and O–H groups in total. The van der Waals surface area contributed by atoms with Crippen LogP contribution in [0.15, 0.2) is 36.7 Å². The monoisotopic (exact) mass is 254 g/mol. The average Bonchev–Trinajstić information content (AvgIpc) is 2.81. The largest absolute Gasteiger partial charge is 0.478 e. The lowest BCUT2D eigenvalue weighted by Gasteiger charge is -2.02. The van der Waals surface area contributed by atoms with Crippen LogP contribution in [0.25, 0.3) is 16.9 Å². The van der Waals surface area contributed by atoms with E-state index in [9.17, 15) is 4.79 Å². The van der Waals surface area contributed by atoms with Gasteiger partial charge in [-0.25, -0.2) is 14.8 Å². The lowest BCUT2D eigenvalue weighted by Crippen LogP contribution is -2.03. The van der Waals surface area contributed by atoms with Crippen molar-refractivity contribution in [2.45, 2.75) is 6.92 Å². The first-order chi connectivity index (χ1) is 9.15. The van der Waals surface area contributed by atoms with Gasteiger partial charge in [0.25, 0.3) is 5.95 Å². The van der Waals surface area contributed by atoms with E-state index in [1.807, 2.05) is 6.92 Å². The Labute approximate surface area is 108 Å². The fourth-order valence-corrected chi connectivity index (χ4v) is 1.86. The van der Waals surface area contributed by atoms with E-state index in [0.717, 1.165) is 16.6 Å². The van der Waals surface area contributed by atoms with Gasteiger partial charge in [0.1, 0.15) is 0 Å². The first kappa shape index (κ1) is 11.3. The molecule has 0 fully saturated rings. The number of aromatic nitrogens is 4. The van der Waals surface area contributed by atoms with Crippen molar-refractivity contribution in [2.75, 3.05) is 0 Å². The third kappa shape index (κ3) is 1.93. The number of carboxylic acid groups (broad SMARTS) is 1. The van der Waals surface area contributed by atoms with Gasteiger partial charge in [0, 0.05) is 17.3 Å². The zero-order valence-electron chi connectivity index (χ0n) is 10.1. The minimum atomic E-state index is -0.957. The van der Waals surface area contributed by atoms with Crippen LogP contribution in [0.2, 0.25) is 0 Å². The van der Waals surface area contributed by atoms with Crippen LogP contribution in [0.1, 0.15) is 16.1 Å². The highest BCUT2D eigenvalue weighted by Gasteiger charge is 2.10. The Morgan fingerprint density at radius 3 is 2.89 bits per heavy atom. The summed E-state index contributed by atoms with van der Waals surface area (Å²) in [6, 6.07) is 6.63. The predicted molar refractivity (Wildman–Crippen MR) is 68.4 cm³/mol. The lowest BCUT2D eigenvalue weighted by atomic mass is 10.1. The number of hydrogen-bond acceptors (Lipinski definition) is 4. The number of carbonyl (C=O) groups is 1. The molecule has 3 aromatic rings. The molecule has 0 saturated heterocycles. The van der Waals surface area contributed by atoms with Gasteiger partial charge in [-0.1, -0.05) is 0 Å². The van der Waals surface area contributed by atoms with Crippen LogP contribution < -0.4 is 0 Å². The summed E-state index contributed by atoms with van der Waals surface area (Å²) < 4.78 is 1.59. The Morgan fingerprint density at radius 1 is 1.32 bits per heavy atom. The van der Waals surface area contributed by atoms with Crippen LogP contribution >= 0.6 is 0 Å². The van der Waals surface area contributed by atoms with Crippen LogP contribution in [0.4, 0.5) is 0 Å². The molecule has 1 aromatic carbocycles. The Hall–Kier alpha value is -2.76. The maximum absolute atomic E-state index is 10.9. The molecule has 19 heavy (non-hydrogen) atoms. The smallest absolute Gasteiger partial charge is 0.335 e. The lowest BCUT2D eigenvalue weighted by molar-refractivity contribution is 0.0697. The molecule has 0 aliphatic rings. The molecular formula is C13H10N4O2. The van der Waals surface area contributed by atoms with Crippen molar-refractivity contribution in [3.05, 3.63) is 47.9 Å². The maximum atomic E-state index is 10.9. The van der Waals surface area contributed by atoms with E-state index in [4.69, 9.17) is 5.11 Å². The molecule has 3 rings (SSSR count). The third-order valence-electron chi connectivity index (χ3n) is 2.79. The molecule has 0 spiro atoms. The summed E-state index contributed by atoms with van der Waals surface area (Å²) in [5, 5.41) is 13.9. The molecule has 94 valence electrons. The highest BCUT2D eigenvalue weighted by Crippen LogP contribution is 2.18. The number of aryl methyl sites for hydroxylation is 1. The Kier molecular flexibility index (Phi) is 2.49. The quantitative estimate of drug-likeness (QED) is 0.754. The molecule has 0 aliphatic carbocycles. The van der Waals surface area contributed by atoms with Gasteiger partial charge >= 0.3 is 5.97 Å². The zero-order chi connectivity index (χ0) is 13.4. The number of rotatable bonds is 2.